The van der Waals surface area contributed by atoms with E-state index in [0.29, 0.717) is 13.2 Å². The Bertz CT molecular complexity index is 355. The molecule has 1 saturated heterocycles. The van der Waals surface area contributed by atoms with Crippen molar-refractivity contribution in [2.24, 2.45) is 0 Å². The van der Waals surface area contributed by atoms with E-state index < -0.39 is 12.6 Å². The first-order valence-electron chi connectivity index (χ1n) is 5.51. The molecule has 0 spiro atoms. The largest absolute Gasteiger partial charge is 0.393 e. The lowest BCUT2D eigenvalue weighted by Gasteiger charge is -2.24. The quantitative estimate of drug-likeness (QED) is 0.864. The highest BCUT2D eigenvalue weighted by Crippen LogP contribution is 2.23. The lowest BCUT2D eigenvalue weighted by Crippen LogP contribution is -2.34. The van der Waals surface area contributed by atoms with E-state index in [2.05, 4.69) is 5.32 Å². The van der Waals surface area contributed by atoms with E-state index in [0.717, 1.165) is 12.1 Å². The Morgan fingerprint density at radius 1 is 1.24 bits per heavy atom. The number of rotatable bonds is 2. The van der Waals surface area contributed by atoms with Crippen molar-refractivity contribution in [2.75, 3.05) is 19.8 Å². The Kier molecular flexibility index (Phi) is 3.69. The molecule has 0 saturated carbocycles. The van der Waals surface area contributed by atoms with Gasteiger partial charge in [-0.2, -0.15) is 13.2 Å². The minimum absolute atomic E-state index is 0.0867. The van der Waals surface area contributed by atoms with Gasteiger partial charge in [-0.05, 0) is 11.1 Å². The molecule has 1 unspecified atom stereocenters. The van der Waals surface area contributed by atoms with Gasteiger partial charge >= 0.3 is 6.18 Å². The van der Waals surface area contributed by atoms with Crippen molar-refractivity contribution in [2.45, 2.75) is 18.6 Å². The fraction of sp³-hybridized carbons (Fsp3) is 0.500. The second-order valence-corrected chi connectivity index (χ2v) is 4.12. The van der Waals surface area contributed by atoms with E-state index in [-0.39, 0.29) is 11.6 Å². The molecule has 1 aromatic carbocycles. The number of ether oxygens (including phenoxy) is 1. The smallest absolute Gasteiger partial charge is 0.378 e. The van der Waals surface area contributed by atoms with Gasteiger partial charge in [0.1, 0.15) is 0 Å². The number of hydrogen-bond acceptors (Lipinski definition) is 2. The summed E-state index contributed by atoms with van der Waals surface area (Å²) in [6, 6.07) is 6.60. The maximum Gasteiger partial charge on any atom is 0.393 e. The molecule has 0 amide bonds. The summed E-state index contributed by atoms with van der Waals surface area (Å²) in [4.78, 5) is 0. The topological polar surface area (TPSA) is 21.3 Å². The van der Waals surface area contributed by atoms with Gasteiger partial charge < -0.3 is 10.1 Å². The molecule has 17 heavy (non-hydrogen) atoms. The molecule has 94 valence electrons. The van der Waals surface area contributed by atoms with Crippen LogP contribution in [0.4, 0.5) is 13.2 Å². The number of alkyl halides is 3. The third-order valence-corrected chi connectivity index (χ3v) is 2.71. The van der Waals surface area contributed by atoms with Gasteiger partial charge in [0.2, 0.25) is 0 Å². The van der Waals surface area contributed by atoms with Gasteiger partial charge in [-0.25, -0.2) is 0 Å². The molecule has 1 aromatic rings. The molecule has 1 atom stereocenters. The third-order valence-electron chi connectivity index (χ3n) is 2.71. The molecule has 2 rings (SSSR count). The van der Waals surface area contributed by atoms with E-state index >= 15 is 0 Å². The van der Waals surface area contributed by atoms with Crippen LogP contribution in [0, 0.1) is 0 Å². The zero-order valence-corrected chi connectivity index (χ0v) is 9.26. The second-order valence-electron chi connectivity index (χ2n) is 4.12. The number of benzene rings is 1. The minimum atomic E-state index is -4.15. The van der Waals surface area contributed by atoms with Crippen LogP contribution >= 0.6 is 0 Å². The van der Waals surface area contributed by atoms with Crippen LogP contribution < -0.4 is 5.32 Å². The molecule has 0 bridgehead atoms. The van der Waals surface area contributed by atoms with E-state index in [1.54, 1.807) is 12.1 Å². The third kappa shape index (κ3) is 3.71. The molecular weight excluding hydrogens is 231 g/mol. The van der Waals surface area contributed by atoms with Gasteiger partial charge in [0.05, 0.1) is 25.7 Å². The summed E-state index contributed by atoms with van der Waals surface area (Å²) in [7, 11) is 0. The average molecular weight is 245 g/mol. The van der Waals surface area contributed by atoms with Crippen LogP contribution in [0.3, 0.4) is 0 Å². The predicted octanol–water partition coefficient (Wildman–Crippen LogP) is 2.45. The molecule has 1 aliphatic rings. The SMILES string of the molecule is FC(F)(F)Cc1ccc(C2COCCN2)cc1. The summed E-state index contributed by atoms with van der Waals surface area (Å²) in [5.74, 6) is 0. The Balaban J connectivity index is 2.02. The van der Waals surface area contributed by atoms with E-state index in [9.17, 15) is 13.2 Å². The van der Waals surface area contributed by atoms with Crippen molar-refractivity contribution in [1.82, 2.24) is 5.32 Å². The minimum Gasteiger partial charge on any atom is -0.378 e. The molecule has 1 N–H and O–H groups in total. The first-order valence-corrected chi connectivity index (χ1v) is 5.51. The predicted molar refractivity (Wildman–Crippen MR) is 57.8 cm³/mol. The first-order chi connectivity index (χ1) is 8.04. The molecular formula is C12H14F3NO. The normalized spacial score (nSPS) is 21.5. The summed E-state index contributed by atoms with van der Waals surface area (Å²) < 4.78 is 41.8. The van der Waals surface area contributed by atoms with Crippen molar-refractivity contribution in [1.29, 1.82) is 0 Å². The van der Waals surface area contributed by atoms with Crippen LogP contribution in [0.2, 0.25) is 0 Å². The molecule has 0 radical (unpaired) electrons. The molecule has 1 fully saturated rings. The number of nitrogens with one attached hydrogen (secondary N) is 1. The fourth-order valence-corrected chi connectivity index (χ4v) is 1.88. The maximum absolute atomic E-state index is 12.2. The molecule has 1 heterocycles. The van der Waals surface area contributed by atoms with Gasteiger partial charge in [-0.1, -0.05) is 24.3 Å². The molecule has 1 aliphatic heterocycles. The summed E-state index contributed by atoms with van der Waals surface area (Å²) in [6.07, 6.45) is -5.02. The van der Waals surface area contributed by atoms with Crippen molar-refractivity contribution in [3.63, 3.8) is 0 Å². The zero-order chi connectivity index (χ0) is 12.3. The summed E-state index contributed by atoms with van der Waals surface area (Å²) in [6.45, 7) is 2.02. The lowest BCUT2D eigenvalue weighted by molar-refractivity contribution is -0.127. The Morgan fingerprint density at radius 3 is 2.47 bits per heavy atom. The Morgan fingerprint density at radius 2 is 1.94 bits per heavy atom. The van der Waals surface area contributed by atoms with Gasteiger partial charge in [0.25, 0.3) is 0 Å². The second kappa shape index (κ2) is 5.06. The van der Waals surface area contributed by atoms with Crippen LogP contribution in [0.1, 0.15) is 17.2 Å². The Labute approximate surface area is 97.8 Å². The van der Waals surface area contributed by atoms with Crippen molar-refractivity contribution >= 4 is 0 Å². The average Bonchev–Trinajstić information content (AvgIpc) is 2.29. The number of hydrogen-bond donors (Lipinski definition) is 1. The van der Waals surface area contributed by atoms with Gasteiger partial charge in [0, 0.05) is 6.54 Å². The molecule has 5 heteroatoms. The van der Waals surface area contributed by atoms with Crippen molar-refractivity contribution in [3.05, 3.63) is 35.4 Å². The van der Waals surface area contributed by atoms with E-state index in [1.807, 2.05) is 0 Å². The van der Waals surface area contributed by atoms with Crippen LogP contribution in [0.25, 0.3) is 0 Å². The van der Waals surface area contributed by atoms with Crippen LogP contribution in [0.15, 0.2) is 24.3 Å². The van der Waals surface area contributed by atoms with Crippen LogP contribution in [-0.4, -0.2) is 25.9 Å². The van der Waals surface area contributed by atoms with Crippen LogP contribution in [-0.2, 0) is 11.2 Å². The molecule has 0 aromatic heterocycles. The lowest BCUT2D eigenvalue weighted by atomic mass is 10.0. The monoisotopic (exact) mass is 245 g/mol. The maximum atomic E-state index is 12.2. The Hall–Kier alpha value is -1.07. The van der Waals surface area contributed by atoms with E-state index in [4.69, 9.17) is 4.74 Å². The van der Waals surface area contributed by atoms with Gasteiger partial charge in [-0.3, -0.25) is 0 Å². The van der Waals surface area contributed by atoms with Crippen molar-refractivity contribution in [3.8, 4) is 0 Å². The van der Waals surface area contributed by atoms with Gasteiger partial charge in [-0.15, -0.1) is 0 Å². The number of halogens is 3. The highest BCUT2D eigenvalue weighted by Gasteiger charge is 2.27. The first kappa shape index (κ1) is 12.4. The highest BCUT2D eigenvalue weighted by atomic mass is 19.4. The summed E-state index contributed by atoms with van der Waals surface area (Å²) in [5, 5.41) is 3.26. The zero-order valence-electron chi connectivity index (χ0n) is 9.26. The van der Waals surface area contributed by atoms with Crippen LogP contribution in [0.5, 0.6) is 0 Å². The molecule has 0 aliphatic carbocycles. The standard InChI is InChI=1S/C12H14F3NO/c13-12(14,15)7-9-1-3-10(4-2-9)11-8-17-6-5-16-11/h1-4,11,16H,5-8H2. The molecule has 2 nitrogen and oxygen atoms in total. The van der Waals surface area contributed by atoms with E-state index in [1.165, 1.54) is 12.1 Å². The van der Waals surface area contributed by atoms with Gasteiger partial charge in [0.15, 0.2) is 0 Å². The summed E-state index contributed by atoms with van der Waals surface area (Å²) >= 11 is 0. The fourth-order valence-electron chi connectivity index (χ4n) is 1.88. The summed E-state index contributed by atoms with van der Waals surface area (Å²) in [5.41, 5.74) is 1.26. The highest BCUT2D eigenvalue weighted by molar-refractivity contribution is 5.26. The number of morpholine rings is 1. The van der Waals surface area contributed by atoms with Crippen molar-refractivity contribution < 1.29 is 17.9 Å².